The highest BCUT2D eigenvalue weighted by atomic mass is 16.6. The van der Waals surface area contributed by atoms with E-state index in [-0.39, 0.29) is 18.7 Å². The van der Waals surface area contributed by atoms with Crippen molar-refractivity contribution in [1.29, 1.82) is 0 Å². The van der Waals surface area contributed by atoms with Gasteiger partial charge >= 0.3 is 5.97 Å². The van der Waals surface area contributed by atoms with Crippen molar-refractivity contribution in [3.05, 3.63) is 0 Å². The van der Waals surface area contributed by atoms with E-state index in [2.05, 4.69) is 13.8 Å². The summed E-state index contributed by atoms with van der Waals surface area (Å²) in [6.07, 6.45) is 14.0. The third kappa shape index (κ3) is 3.12. The SMILES string of the molecule is CCOC(=O)CO[C@@H]1CC[C@@]2(C)[C@@H](CC[C@H]3[C@H]4CCC[C@@]4(C)CC[C@H]32)C1. The molecule has 148 valence electrons. The number of hydrogen-bond acceptors (Lipinski definition) is 3. The Kier molecular flexibility index (Phi) is 5.14. The molecule has 0 saturated heterocycles. The van der Waals surface area contributed by atoms with E-state index >= 15 is 0 Å². The molecule has 0 aromatic heterocycles. The fraction of sp³-hybridized carbons (Fsp3) is 0.957. The minimum absolute atomic E-state index is 0.133. The van der Waals surface area contributed by atoms with Crippen molar-refractivity contribution in [2.45, 2.75) is 91.1 Å². The summed E-state index contributed by atoms with van der Waals surface area (Å²) in [5, 5.41) is 0. The van der Waals surface area contributed by atoms with Crippen LogP contribution in [0.4, 0.5) is 0 Å². The Morgan fingerprint density at radius 1 is 1.00 bits per heavy atom. The van der Waals surface area contributed by atoms with E-state index in [9.17, 15) is 4.79 Å². The van der Waals surface area contributed by atoms with Gasteiger partial charge in [-0.3, -0.25) is 0 Å². The number of hydrogen-bond donors (Lipinski definition) is 0. The number of ether oxygens (including phenoxy) is 2. The van der Waals surface area contributed by atoms with Crippen LogP contribution in [0, 0.1) is 34.5 Å². The van der Waals surface area contributed by atoms with Crippen LogP contribution < -0.4 is 0 Å². The van der Waals surface area contributed by atoms with Gasteiger partial charge in [-0.25, -0.2) is 4.79 Å². The van der Waals surface area contributed by atoms with Gasteiger partial charge in [0.05, 0.1) is 12.7 Å². The Balaban J connectivity index is 1.40. The molecule has 0 heterocycles. The lowest BCUT2D eigenvalue weighted by Gasteiger charge is -2.60. The summed E-state index contributed by atoms with van der Waals surface area (Å²) in [5.74, 6) is 3.49. The summed E-state index contributed by atoms with van der Waals surface area (Å²) in [4.78, 5) is 11.6. The minimum atomic E-state index is -0.211. The molecule has 0 aromatic rings. The summed E-state index contributed by atoms with van der Waals surface area (Å²) >= 11 is 0. The van der Waals surface area contributed by atoms with Crippen molar-refractivity contribution in [2.24, 2.45) is 34.5 Å². The van der Waals surface area contributed by atoms with Crippen LogP contribution in [0.2, 0.25) is 0 Å². The fourth-order valence-corrected chi connectivity index (χ4v) is 7.75. The quantitative estimate of drug-likeness (QED) is 0.631. The highest BCUT2D eigenvalue weighted by Crippen LogP contribution is 2.66. The molecule has 0 aliphatic heterocycles. The van der Waals surface area contributed by atoms with Crippen molar-refractivity contribution in [3.8, 4) is 0 Å². The standard InChI is InChI=1S/C23H38O3/c1-4-25-21(24)15-26-17-9-13-23(3)16(14-17)7-8-18-19-6-5-11-22(19,2)12-10-20(18)23/h16-20H,4-15H2,1-3H3/t16-,17+,18-,19+,20+,22-,23-/m0/s1. The normalized spacial score (nSPS) is 47.6. The average Bonchev–Trinajstić information content (AvgIpc) is 3.02. The topological polar surface area (TPSA) is 35.5 Å². The van der Waals surface area contributed by atoms with Crippen LogP contribution in [0.25, 0.3) is 0 Å². The first-order chi connectivity index (χ1) is 12.5. The molecule has 4 rings (SSSR count). The molecule has 0 unspecified atom stereocenters. The first-order valence-electron chi connectivity index (χ1n) is 11.2. The molecule has 4 aliphatic rings. The number of fused-ring (bicyclic) bond motifs is 5. The second-order valence-corrected chi connectivity index (χ2v) is 10.3. The zero-order chi connectivity index (χ0) is 18.4. The summed E-state index contributed by atoms with van der Waals surface area (Å²) in [6.45, 7) is 7.62. The van der Waals surface area contributed by atoms with Gasteiger partial charge in [0, 0.05) is 0 Å². The van der Waals surface area contributed by atoms with E-state index in [1.54, 1.807) is 0 Å². The Morgan fingerprint density at radius 3 is 2.65 bits per heavy atom. The second kappa shape index (κ2) is 7.11. The molecule has 3 nitrogen and oxygen atoms in total. The van der Waals surface area contributed by atoms with E-state index < -0.39 is 0 Å². The maximum Gasteiger partial charge on any atom is 0.332 e. The van der Waals surface area contributed by atoms with Gasteiger partial charge in [-0.1, -0.05) is 20.3 Å². The molecule has 4 aliphatic carbocycles. The molecule has 3 heteroatoms. The molecular weight excluding hydrogens is 324 g/mol. The number of carbonyl (C=O) groups is 1. The first kappa shape index (κ1) is 18.8. The van der Waals surface area contributed by atoms with Crippen LogP contribution in [0.1, 0.15) is 85.0 Å². The maximum atomic E-state index is 11.6. The lowest BCUT2D eigenvalue weighted by Crippen LogP contribution is -2.53. The van der Waals surface area contributed by atoms with Crippen LogP contribution in [0.15, 0.2) is 0 Å². The second-order valence-electron chi connectivity index (χ2n) is 10.3. The van der Waals surface area contributed by atoms with Crippen LogP contribution in [-0.2, 0) is 14.3 Å². The molecule has 0 spiro atoms. The maximum absolute atomic E-state index is 11.6. The minimum Gasteiger partial charge on any atom is -0.464 e. The zero-order valence-electron chi connectivity index (χ0n) is 17.1. The lowest BCUT2D eigenvalue weighted by atomic mass is 9.45. The monoisotopic (exact) mass is 362 g/mol. The van der Waals surface area contributed by atoms with Gasteiger partial charge in [0.25, 0.3) is 0 Å². The van der Waals surface area contributed by atoms with Crippen molar-refractivity contribution in [3.63, 3.8) is 0 Å². The molecule has 0 aromatic carbocycles. The molecule has 0 radical (unpaired) electrons. The van der Waals surface area contributed by atoms with E-state index in [1.165, 1.54) is 51.4 Å². The number of rotatable bonds is 4. The van der Waals surface area contributed by atoms with Gasteiger partial charge < -0.3 is 9.47 Å². The zero-order valence-corrected chi connectivity index (χ0v) is 17.1. The van der Waals surface area contributed by atoms with E-state index in [0.29, 0.717) is 17.4 Å². The lowest BCUT2D eigenvalue weighted by molar-refractivity contribution is -0.157. The summed E-state index contributed by atoms with van der Waals surface area (Å²) in [7, 11) is 0. The van der Waals surface area contributed by atoms with Gasteiger partial charge in [-0.2, -0.15) is 0 Å². The van der Waals surface area contributed by atoms with Crippen LogP contribution in [0.3, 0.4) is 0 Å². The molecule has 26 heavy (non-hydrogen) atoms. The Bertz CT molecular complexity index is 532. The van der Waals surface area contributed by atoms with Crippen LogP contribution in [0.5, 0.6) is 0 Å². The van der Waals surface area contributed by atoms with Crippen molar-refractivity contribution in [1.82, 2.24) is 0 Å². The van der Waals surface area contributed by atoms with Gasteiger partial charge in [0.2, 0.25) is 0 Å². The molecule has 7 atom stereocenters. The van der Waals surface area contributed by atoms with E-state index in [4.69, 9.17) is 9.47 Å². The van der Waals surface area contributed by atoms with Gasteiger partial charge in [0.1, 0.15) is 6.61 Å². The van der Waals surface area contributed by atoms with Gasteiger partial charge in [-0.05, 0) is 99.2 Å². The predicted molar refractivity (Wildman–Crippen MR) is 103 cm³/mol. The van der Waals surface area contributed by atoms with Crippen LogP contribution in [-0.4, -0.2) is 25.3 Å². The van der Waals surface area contributed by atoms with E-state index in [1.807, 2.05) is 6.92 Å². The largest absolute Gasteiger partial charge is 0.464 e. The smallest absolute Gasteiger partial charge is 0.332 e. The third-order valence-corrected chi connectivity index (χ3v) is 9.14. The van der Waals surface area contributed by atoms with Crippen molar-refractivity contribution < 1.29 is 14.3 Å². The average molecular weight is 363 g/mol. The fourth-order valence-electron chi connectivity index (χ4n) is 7.75. The van der Waals surface area contributed by atoms with Gasteiger partial charge in [0.15, 0.2) is 0 Å². The Hall–Kier alpha value is -0.570. The number of esters is 1. The van der Waals surface area contributed by atoms with E-state index in [0.717, 1.165) is 36.5 Å². The Morgan fingerprint density at radius 2 is 1.85 bits per heavy atom. The highest BCUT2D eigenvalue weighted by Gasteiger charge is 2.57. The summed E-state index contributed by atoms with van der Waals surface area (Å²) in [6, 6.07) is 0. The number of carbonyl (C=O) groups excluding carboxylic acids is 1. The van der Waals surface area contributed by atoms with Crippen molar-refractivity contribution >= 4 is 5.97 Å². The van der Waals surface area contributed by atoms with Gasteiger partial charge in [-0.15, -0.1) is 0 Å². The molecule has 0 bridgehead atoms. The predicted octanol–water partition coefficient (Wildman–Crippen LogP) is 5.37. The third-order valence-electron chi connectivity index (χ3n) is 9.14. The summed E-state index contributed by atoms with van der Waals surface area (Å²) < 4.78 is 11.0. The summed E-state index contributed by atoms with van der Waals surface area (Å²) in [5.41, 5.74) is 1.17. The molecule has 4 fully saturated rings. The molecule has 4 saturated carbocycles. The molecule has 0 N–H and O–H groups in total. The first-order valence-corrected chi connectivity index (χ1v) is 11.2. The van der Waals surface area contributed by atoms with Crippen LogP contribution >= 0.6 is 0 Å². The molecular formula is C23H38O3. The highest BCUT2D eigenvalue weighted by molar-refractivity contribution is 5.70. The Labute approximate surface area is 159 Å². The molecule has 0 amide bonds. The van der Waals surface area contributed by atoms with Crippen molar-refractivity contribution in [2.75, 3.05) is 13.2 Å².